The van der Waals surface area contributed by atoms with E-state index >= 15 is 0 Å². The first-order valence-corrected chi connectivity index (χ1v) is 5.27. The minimum Gasteiger partial charge on any atom is -0.378 e. The molecule has 1 saturated heterocycles. The summed E-state index contributed by atoms with van der Waals surface area (Å²) in [5.74, 6) is 1.55. The maximum Gasteiger partial charge on any atom is 0.128 e. The average Bonchev–Trinajstić information content (AvgIpc) is 2.30. The fourth-order valence-electron chi connectivity index (χ4n) is 1.51. The molecule has 0 aromatic carbocycles. The van der Waals surface area contributed by atoms with Crippen LogP contribution in [0.5, 0.6) is 0 Å². The summed E-state index contributed by atoms with van der Waals surface area (Å²) in [5.41, 5.74) is 1.11. The Bertz CT molecular complexity index is 300. The number of morpholine rings is 1. The molecule has 0 aliphatic carbocycles. The Hall–Kier alpha value is -0.800. The summed E-state index contributed by atoms with van der Waals surface area (Å²) in [6, 6.07) is 3.98. The molecular formula is C10H13ClN2O. The van der Waals surface area contributed by atoms with Crippen molar-refractivity contribution in [2.24, 2.45) is 0 Å². The van der Waals surface area contributed by atoms with Crippen molar-refractivity contribution in [3.8, 4) is 0 Å². The lowest BCUT2D eigenvalue weighted by Gasteiger charge is -2.27. The quantitative estimate of drug-likeness (QED) is 0.698. The molecule has 0 bridgehead atoms. The molecular weight excluding hydrogens is 200 g/mol. The van der Waals surface area contributed by atoms with Gasteiger partial charge in [-0.2, -0.15) is 0 Å². The summed E-state index contributed by atoms with van der Waals surface area (Å²) in [4.78, 5) is 6.54. The molecule has 2 rings (SSSR count). The van der Waals surface area contributed by atoms with Crippen LogP contribution in [0.3, 0.4) is 0 Å². The Kier molecular flexibility index (Phi) is 3.22. The molecule has 4 heteroatoms. The van der Waals surface area contributed by atoms with Crippen LogP contribution in [0.15, 0.2) is 18.3 Å². The van der Waals surface area contributed by atoms with Crippen molar-refractivity contribution in [2.45, 2.75) is 5.88 Å². The molecule has 0 saturated carbocycles. The van der Waals surface area contributed by atoms with Crippen molar-refractivity contribution in [3.05, 3.63) is 23.9 Å². The van der Waals surface area contributed by atoms with Gasteiger partial charge in [-0.05, 0) is 17.7 Å². The predicted molar refractivity (Wildman–Crippen MR) is 56.8 cm³/mol. The van der Waals surface area contributed by atoms with Crippen LogP contribution < -0.4 is 4.90 Å². The highest BCUT2D eigenvalue weighted by Gasteiger charge is 2.11. The number of hydrogen-bond donors (Lipinski definition) is 0. The lowest BCUT2D eigenvalue weighted by Crippen LogP contribution is -2.36. The topological polar surface area (TPSA) is 25.4 Å². The maximum absolute atomic E-state index is 5.77. The Morgan fingerprint density at radius 2 is 2.21 bits per heavy atom. The van der Waals surface area contributed by atoms with E-state index in [0.29, 0.717) is 5.88 Å². The van der Waals surface area contributed by atoms with Gasteiger partial charge in [-0.25, -0.2) is 4.98 Å². The highest BCUT2D eigenvalue weighted by molar-refractivity contribution is 6.17. The van der Waals surface area contributed by atoms with Gasteiger partial charge in [-0.15, -0.1) is 11.6 Å². The smallest absolute Gasteiger partial charge is 0.128 e. The van der Waals surface area contributed by atoms with Crippen LogP contribution >= 0.6 is 11.6 Å². The van der Waals surface area contributed by atoms with Crippen molar-refractivity contribution in [1.29, 1.82) is 0 Å². The van der Waals surface area contributed by atoms with Crippen LogP contribution in [-0.2, 0) is 10.6 Å². The van der Waals surface area contributed by atoms with Gasteiger partial charge in [0.1, 0.15) is 5.82 Å². The highest BCUT2D eigenvalue weighted by atomic mass is 35.5. The van der Waals surface area contributed by atoms with E-state index in [1.807, 2.05) is 18.3 Å². The van der Waals surface area contributed by atoms with E-state index in [2.05, 4.69) is 9.88 Å². The third-order valence-corrected chi connectivity index (χ3v) is 2.61. The van der Waals surface area contributed by atoms with Gasteiger partial charge in [-0.1, -0.05) is 0 Å². The Labute approximate surface area is 88.6 Å². The average molecular weight is 213 g/mol. The fraction of sp³-hybridized carbons (Fsp3) is 0.500. The number of halogens is 1. The van der Waals surface area contributed by atoms with Crippen LogP contribution in [0.4, 0.5) is 5.82 Å². The first kappa shape index (κ1) is 9.74. The number of rotatable bonds is 2. The number of pyridine rings is 1. The molecule has 76 valence electrons. The molecule has 0 radical (unpaired) electrons. The van der Waals surface area contributed by atoms with Crippen LogP contribution in [0.1, 0.15) is 5.56 Å². The van der Waals surface area contributed by atoms with E-state index in [-0.39, 0.29) is 0 Å². The summed E-state index contributed by atoms with van der Waals surface area (Å²) in [5, 5.41) is 0. The van der Waals surface area contributed by atoms with Crippen LogP contribution in [0.25, 0.3) is 0 Å². The molecule has 0 unspecified atom stereocenters. The molecule has 0 spiro atoms. The molecule has 3 nitrogen and oxygen atoms in total. The first-order valence-electron chi connectivity index (χ1n) is 4.74. The number of ether oxygens (including phenoxy) is 1. The van der Waals surface area contributed by atoms with Crippen molar-refractivity contribution < 1.29 is 4.74 Å². The number of alkyl halides is 1. The fourth-order valence-corrected chi connectivity index (χ4v) is 1.68. The minimum atomic E-state index is 0.542. The zero-order valence-corrected chi connectivity index (χ0v) is 8.70. The Morgan fingerprint density at radius 3 is 2.93 bits per heavy atom. The van der Waals surface area contributed by atoms with Crippen molar-refractivity contribution >= 4 is 17.4 Å². The second kappa shape index (κ2) is 4.62. The molecule has 0 atom stereocenters. The Balaban J connectivity index is 2.13. The van der Waals surface area contributed by atoms with Crippen molar-refractivity contribution in [1.82, 2.24) is 4.98 Å². The van der Waals surface area contributed by atoms with Gasteiger partial charge in [0.05, 0.1) is 13.2 Å². The molecule has 1 aromatic rings. The van der Waals surface area contributed by atoms with E-state index in [9.17, 15) is 0 Å². The minimum absolute atomic E-state index is 0.542. The zero-order chi connectivity index (χ0) is 9.80. The lowest BCUT2D eigenvalue weighted by molar-refractivity contribution is 0.122. The van der Waals surface area contributed by atoms with Crippen LogP contribution in [-0.4, -0.2) is 31.3 Å². The summed E-state index contributed by atoms with van der Waals surface area (Å²) in [6.45, 7) is 3.40. The molecule has 1 aromatic heterocycles. The number of hydrogen-bond acceptors (Lipinski definition) is 3. The molecule has 0 N–H and O–H groups in total. The molecule has 1 fully saturated rings. The first-order chi connectivity index (χ1) is 6.90. The summed E-state index contributed by atoms with van der Waals surface area (Å²) < 4.78 is 5.28. The normalized spacial score (nSPS) is 17.1. The van der Waals surface area contributed by atoms with Gasteiger partial charge in [0.2, 0.25) is 0 Å². The standard InChI is InChI=1S/C10H13ClN2O/c11-8-9-1-2-12-10(7-9)13-3-5-14-6-4-13/h1-2,7H,3-6,8H2. The van der Waals surface area contributed by atoms with Gasteiger partial charge in [0.15, 0.2) is 0 Å². The van der Waals surface area contributed by atoms with Crippen LogP contribution in [0.2, 0.25) is 0 Å². The van der Waals surface area contributed by atoms with E-state index in [1.54, 1.807) is 0 Å². The Morgan fingerprint density at radius 1 is 1.43 bits per heavy atom. The molecule has 14 heavy (non-hydrogen) atoms. The number of aromatic nitrogens is 1. The van der Waals surface area contributed by atoms with E-state index in [1.165, 1.54) is 0 Å². The largest absolute Gasteiger partial charge is 0.378 e. The second-order valence-corrected chi connectivity index (χ2v) is 3.52. The molecule has 1 aliphatic rings. The van der Waals surface area contributed by atoms with Gasteiger partial charge in [0, 0.05) is 25.2 Å². The van der Waals surface area contributed by atoms with Gasteiger partial charge >= 0.3 is 0 Å². The lowest BCUT2D eigenvalue weighted by atomic mass is 10.3. The van der Waals surface area contributed by atoms with Gasteiger partial charge in [-0.3, -0.25) is 0 Å². The summed E-state index contributed by atoms with van der Waals surface area (Å²) in [6.07, 6.45) is 1.81. The summed E-state index contributed by atoms with van der Waals surface area (Å²) >= 11 is 5.77. The van der Waals surface area contributed by atoms with E-state index in [4.69, 9.17) is 16.3 Å². The van der Waals surface area contributed by atoms with Gasteiger partial charge in [0.25, 0.3) is 0 Å². The summed E-state index contributed by atoms with van der Waals surface area (Å²) in [7, 11) is 0. The molecule has 2 heterocycles. The second-order valence-electron chi connectivity index (χ2n) is 3.26. The maximum atomic E-state index is 5.77. The van der Waals surface area contributed by atoms with Crippen molar-refractivity contribution in [3.63, 3.8) is 0 Å². The van der Waals surface area contributed by atoms with Gasteiger partial charge < -0.3 is 9.64 Å². The van der Waals surface area contributed by atoms with E-state index in [0.717, 1.165) is 37.7 Å². The zero-order valence-electron chi connectivity index (χ0n) is 7.95. The monoisotopic (exact) mass is 212 g/mol. The number of anilines is 1. The third-order valence-electron chi connectivity index (χ3n) is 2.30. The number of nitrogens with zero attached hydrogens (tertiary/aromatic N) is 2. The SMILES string of the molecule is ClCc1ccnc(N2CCOCC2)c1. The van der Waals surface area contributed by atoms with Crippen LogP contribution in [0, 0.1) is 0 Å². The third kappa shape index (κ3) is 2.16. The highest BCUT2D eigenvalue weighted by Crippen LogP contribution is 2.15. The molecule has 1 aliphatic heterocycles. The predicted octanol–water partition coefficient (Wildman–Crippen LogP) is 1.66. The van der Waals surface area contributed by atoms with E-state index < -0.39 is 0 Å². The molecule has 0 amide bonds. The van der Waals surface area contributed by atoms with Crippen molar-refractivity contribution in [2.75, 3.05) is 31.2 Å².